The van der Waals surface area contributed by atoms with E-state index in [0.717, 1.165) is 84.1 Å². The van der Waals surface area contributed by atoms with Gasteiger partial charge in [-0.3, -0.25) is 9.79 Å². The second-order valence-corrected chi connectivity index (χ2v) is 7.08. The SMILES string of the molecule is CCNC(=NCCCOC1CCOCC1)N1CCC(CC(=O)NC)CC1.I. The van der Waals surface area contributed by atoms with E-state index in [2.05, 4.69) is 22.5 Å². The zero-order valence-corrected chi connectivity index (χ0v) is 19.2. The molecule has 2 N–H and O–H groups in total. The molecular weight excluding hydrogens is 459 g/mol. The molecule has 2 rings (SSSR count). The van der Waals surface area contributed by atoms with Gasteiger partial charge >= 0.3 is 0 Å². The molecule has 0 saturated carbocycles. The zero-order valence-electron chi connectivity index (χ0n) is 16.9. The van der Waals surface area contributed by atoms with Gasteiger partial charge < -0.3 is 25.0 Å². The van der Waals surface area contributed by atoms with Gasteiger partial charge in [0.05, 0.1) is 6.10 Å². The van der Waals surface area contributed by atoms with Crippen molar-refractivity contribution in [2.24, 2.45) is 10.9 Å². The third-order valence-electron chi connectivity index (χ3n) is 5.09. The van der Waals surface area contributed by atoms with Crippen molar-refractivity contribution in [3.05, 3.63) is 0 Å². The molecule has 0 aliphatic carbocycles. The first-order valence-corrected chi connectivity index (χ1v) is 10.2. The summed E-state index contributed by atoms with van der Waals surface area (Å²) in [6, 6.07) is 0. The lowest BCUT2D eigenvalue weighted by Gasteiger charge is -2.34. The molecule has 0 atom stereocenters. The number of amides is 1. The minimum Gasteiger partial charge on any atom is -0.381 e. The molecule has 0 aromatic heterocycles. The van der Waals surface area contributed by atoms with Crippen molar-refractivity contribution >= 4 is 35.8 Å². The average molecular weight is 496 g/mol. The minimum absolute atomic E-state index is 0. The number of guanidine groups is 1. The third-order valence-corrected chi connectivity index (χ3v) is 5.09. The van der Waals surface area contributed by atoms with Gasteiger partial charge in [0.15, 0.2) is 5.96 Å². The molecule has 0 spiro atoms. The summed E-state index contributed by atoms with van der Waals surface area (Å²) in [4.78, 5) is 18.6. The van der Waals surface area contributed by atoms with E-state index in [0.29, 0.717) is 18.4 Å². The molecule has 2 saturated heterocycles. The van der Waals surface area contributed by atoms with Crippen molar-refractivity contribution < 1.29 is 14.3 Å². The van der Waals surface area contributed by atoms with E-state index in [-0.39, 0.29) is 29.9 Å². The maximum absolute atomic E-state index is 11.5. The van der Waals surface area contributed by atoms with Gasteiger partial charge in [0.1, 0.15) is 0 Å². The van der Waals surface area contributed by atoms with E-state index in [1.54, 1.807) is 7.05 Å². The highest BCUT2D eigenvalue weighted by Gasteiger charge is 2.23. The fourth-order valence-electron chi connectivity index (χ4n) is 3.48. The molecule has 27 heavy (non-hydrogen) atoms. The van der Waals surface area contributed by atoms with Crippen LogP contribution in [0.2, 0.25) is 0 Å². The smallest absolute Gasteiger partial charge is 0.220 e. The lowest BCUT2D eigenvalue weighted by Crippen LogP contribution is -2.46. The highest BCUT2D eigenvalue weighted by atomic mass is 127. The average Bonchev–Trinajstić information content (AvgIpc) is 2.68. The van der Waals surface area contributed by atoms with Crippen molar-refractivity contribution in [3.8, 4) is 0 Å². The van der Waals surface area contributed by atoms with Crippen molar-refractivity contribution in [1.82, 2.24) is 15.5 Å². The van der Waals surface area contributed by atoms with Crippen LogP contribution in [0.5, 0.6) is 0 Å². The summed E-state index contributed by atoms with van der Waals surface area (Å²) in [5.41, 5.74) is 0. The first-order chi connectivity index (χ1) is 12.7. The van der Waals surface area contributed by atoms with E-state index >= 15 is 0 Å². The number of piperidine rings is 1. The molecule has 8 heteroatoms. The van der Waals surface area contributed by atoms with Crippen molar-refractivity contribution in [2.45, 2.75) is 51.6 Å². The van der Waals surface area contributed by atoms with Crippen LogP contribution in [0.4, 0.5) is 0 Å². The molecule has 2 aliphatic rings. The number of hydrogen-bond donors (Lipinski definition) is 2. The number of hydrogen-bond acceptors (Lipinski definition) is 4. The number of carbonyl (C=O) groups excluding carboxylic acids is 1. The van der Waals surface area contributed by atoms with Crippen LogP contribution in [0.25, 0.3) is 0 Å². The summed E-state index contributed by atoms with van der Waals surface area (Å²) in [5.74, 6) is 1.63. The fraction of sp³-hybridized carbons (Fsp3) is 0.895. The van der Waals surface area contributed by atoms with Crippen LogP contribution < -0.4 is 10.6 Å². The van der Waals surface area contributed by atoms with Crippen LogP contribution in [0.1, 0.15) is 45.4 Å². The normalized spacial score (nSPS) is 19.5. The Kier molecular flexibility index (Phi) is 13.0. The Morgan fingerprint density at radius 2 is 1.93 bits per heavy atom. The number of nitrogens with zero attached hydrogens (tertiary/aromatic N) is 2. The number of carbonyl (C=O) groups is 1. The molecule has 1 amide bonds. The number of halogens is 1. The van der Waals surface area contributed by atoms with Gasteiger partial charge in [-0.1, -0.05) is 0 Å². The van der Waals surface area contributed by atoms with Gasteiger partial charge in [-0.25, -0.2) is 0 Å². The topological polar surface area (TPSA) is 75.2 Å². The monoisotopic (exact) mass is 496 g/mol. The molecule has 0 radical (unpaired) electrons. The number of nitrogens with one attached hydrogen (secondary N) is 2. The van der Waals surface area contributed by atoms with Crippen LogP contribution in [-0.4, -0.2) is 75.9 Å². The summed E-state index contributed by atoms with van der Waals surface area (Å²) in [6.45, 7) is 8.09. The predicted molar refractivity (Wildman–Crippen MR) is 119 cm³/mol. The lowest BCUT2D eigenvalue weighted by molar-refractivity contribution is -0.121. The zero-order chi connectivity index (χ0) is 18.6. The van der Waals surface area contributed by atoms with E-state index in [1.165, 1.54) is 0 Å². The van der Waals surface area contributed by atoms with Crippen molar-refractivity contribution in [2.75, 3.05) is 53.0 Å². The van der Waals surface area contributed by atoms with Gasteiger partial charge in [-0.05, 0) is 44.9 Å². The van der Waals surface area contributed by atoms with Crippen LogP contribution in [-0.2, 0) is 14.3 Å². The summed E-state index contributed by atoms with van der Waals surface area (Å²) in [6.07, 6.45) is 6.06. The summed E-state index contributed by atoms with van der Waals surface area (Å²) in [5, 5.41) is 6.12. The van der Waals surface area contributed by atoms with Crippen molar-refractivity contribution in [3.63, 3.8) is 0 Å². The molecule has 0 bridgehead atoms. The van der Waals surface area contributed by atoms with E-state index in [4.69, 9.17) is 14.5 Å². The van der Waals surface area contributed by atoms with E-state index < -0.39 is 0 Å². The first-order valence-electron chi connectivity index (χ1n) is 10.2. The van der Waals surface area contributed by atoms with Gasteiger partial charge in [0, 0.05) is 59.5 Å². The van der Waals surface area contributed by atoms with Gasteiger partial charge in [0.25, 0.3) is 0 Å². The Hall–Kier alpha value is -0.610. The molecular formula is C19H37IN4O3. The second kappa shape index (κ2) is 14.4. The first kappa shape index (κ1) is 24.4. The van der Waals surface area contributed by atoms with E-state index in [9.17, 15) is 4.79 Å². The number of aliphatic imine (C=N–C) groups is 1. The minimum atomic E-state index is 0. The Balaban J connectivity index is 0.00000364. The Morgan fingerprint density at radius 1 is 1.22 bits per heavy atom. The third kappa shape index (κ3) is 9.43. The number of likely N-dealkylation sites (tertiary alicyclic amines) is 1. The standard InChI is InChI=1S/C19H36N4O3.HI/c1-3-21-19(22-9-4-12-26-17-7-13-25-14-8-17)23-10-5-16(6-11-23)15-18(24)20-2;/h16-17H,3-15H2,1-2H3,(H,20,24)(H,21,22);1H. The number of rotatable bonds is 8. The Labute approximate surface area is 181 Å². The summed E-state index contributed by atoms with van der Waals surface area (Å²) in [7, 11) is 1.71. The van der Waals surface area contributed by atoms with Crippen LogP contribution in [0.3, 0.4) is 0 Å². The Bertz CT molecular complexity index is 437. The Morgan fingerprint density at radius 3 is 2.56 bits per heavy atom. The molecule has 0 unspecified atom stereocenters. The molecule has 2 aliphatic heterocycles. The van der Waals surface area contributed by atoms with E-state index in [1.807, 2.05) is 0 Å². The van der Waals surface area contributed by atoms with Crippen LogP contribution in [0, 0.1) is 5.92 Å². The van der Waals surface area contributed by atoms with Gasteiger partial charge in [0.2, 0.25) is 5.91 Å². The molecule has 158 valence electrons. The molecule has 2 fully saturated rings. The molecule has 0 aromatic carbocycles. The number of ether oxygens (including phenoxy) is 2. The summed E-state index contributed by atoms with van der Waals surface area (Å²) >= 11 is 0. The van der Waals surface area contributed by atoms with Crippen molar-refractivity contribution in [1.29, 1.82) is 0 Å². The molecule has 0 aromatic rings. The fourth-order valence-corrected chi connectivity index (χ4v) is 3.48. The lowest BCUT2D eigenvalue weighted by atomic mass is 9.93. The maximum Gasteiger partial charge on any atom is 0.220 e. The second-order valence-electron chi connectivity index (χ2n) is 7.08. The van der Waals surface area contributed by atoms with Gasteiger partial charge in [-0.15, -0.1) is 24.0 Å². The highest BCUT2D eigenvalue weighted by molar-refractivity contribution is 14.0. The quantitative estimate of drug-likeness (QED) is 0.233. The predicted octanol–water partition coefficient (Wildman–Crippen LogP) is 2.00. The molecule has 2 heterocycles. The van der Waals surface area contributed by atoms with Crippen LogP contribution in [0.15, 0.2) is 4.99 Å². The van der Waals surface area contributed by atoms with Gasteiger partial charge in [-0.2, -0.15) is 0 Å². The molecule has 7 nitrogen and oxygen atoms in total. The maximum atomic E-state index is 11.5. The highest BCUT2D eigenvalue weighted by Crippen LogP contribution is 2.20. The van der Waals surface area contributed by atoms with Crippen LogP contribution >= 0.6 is 24.0 Å². The summed E-state index contributed by atoms with van der Waals surface area (Å²) < 4.78 is 11.3. The largest absolute Gasteiger partial charge is 0.381 e.